The highest BCUT2D eigenvalue weighted by Crippen LogP contribution is 2.39. The molecule has 0 saturated heterocycles. The predicted octanol–water partition coefficient (Wildman–Crippen LogP) is 4.05. The minimum Gasteiger partial charge on any atom is -0.493 e. The number of benzene rings is 2. The lowest BCUT2D eigenvalue weighted by Gasteiger charge is -2.14. The Labute approximate surface area is 143 Å². The van der Waals surface area contributed by atoms with E-state index in [9.17, 15) is 4.79 Å². The molecule has 1 atom stereocenters. The first-order chi connectivity index (χ1) is 11.0. The van der Waals surface area contributed by atoms with Gasteiger partial charge in [0.25, 0.3) is 0 Å². The fourth-order valence-corrected chi connectivity index (χ4v) is 3.40. The van der Waals surface area contributed by atoms with Gasteiger partial charge in [-0.2, -0.15) is 0 Å². The van der Waals surface area contributed by atoms with Gasteiger partial charge in [-0.05, 0) is 42.7 Å². The third kappa shape index (κ3) is 2.93. The van der Waals surface area contributed by atoms with E-state index in [0.29, 0.717) is 17.9 Å². The number of methoxy groups -OCH3 is 2. The second-order valence-electron chi connectivity index (χ2n) is 5.64. The molecule has 0 saturated carbocycles. The van der Waals surface area contributed by atoms with Crippen LogP contribution in [0.4, 0.5) is 5.69 Å². The predicted molar refractivity (Wildman–Crippen MR) is 93.5 cm³/mol. The summed E-state index contributed by atoms with van der Waals surface area (Å²) in [6, 6.07) is 9.84. The molecular weight excluding hydrogens is 358 g/mol. The van der Waals surface area contributed by atoms with Crippen molar-refractivity contribution >= 4 is 27.5 Å². The normalized spacial score (nSPS) is 16.0. The molecule has 0 spiro atoms. The van der Waals surface area contributed by atoms with E-state index in [1.807, 2.05) is 31.2 Å². The van der Waals surface area contributed by atoms with Crippen LogP contribution in [0.5, 0.6) is 11.5 Å². The summed E-state index contributed by atoms with van der Waals surface area (Å²) in [5.74, 6) is 1.16. The van der Waals surface area contributed by atoms with Gasteiger partial charge in [-0.3, -0.25) is 4.79 Å². The third-order valence-electron chi connectivity index (χ3n) is 4.13. The zero-order valence-electron chi connectivity index (χ0n) is 13.3. The van der Waals surface area contributed by atoms with Crippen LogP contribution in [0.3, 0.4) is 0 Å². The van der Waals surface area contributed by atoms with Crippen molar-refractivity contribution in [3.8, 4) is 11.5 Å². The van der Waals surface area contributed by atoms with E-state index in [0.717, 1.165) is 26.9 Å². The standard InChI is InChI=1S/C18H18BrNO3/c1-10-4-5-15-12(6-10)13(18(21)20-15)7-11-8-16(22-2)17(23-3)9-14(11)19/h4-6,8-9,13H,7H2,1-3H3,(H,20,21)/t13-/m1/s1. The number of hydrogen-bond donors (Lipinski definition) is 1. The first-order valence-electron chi connectivity index (χ1n) is 7.35. The van der Waals surface area contributed by atoms with Crippen molar-refractivity contribution in [1.82, 2.24) is 0 Å². The molecule has 0 aromatic heterocycles. The van der Waals surface area contributed by atoms with Crippen molar-refractivity contribution in [1.29, 1.82) is 0 Å². The number of amides is 1. The number of ether oxygens (including phenoxy) is 2. The van der Waals surface area contributed by atoms with Crippen molar-refractivity contribution in [3.63, 3.8) is 0 Å². The number of rotatable bonds is 4. The SMILES string of the molecule is COc1cc(Br)c(C[C@H]2C(=O)Nc3ccc(C)cc32)cc1OC. The average molecular weight is 376 g/mol. The number of nitrogens with one attached hydrogen (secondary N) is 1. The summed E-state index contributed by atoms with van der Waals surface area (Å²) in [5, 5.41) is 2.96. The first kappa shape index (κ1) is 15.9. The summed E-state index contributed by atoms with van der Waals surface area (Å²) in [6.07, 6.45) is 0.600. The van der Waals surface area contributed by atoms with Crippen LogP contribution >= 0.6 is 15.9 Å². The van der Waals surface area contributed by atoms with Gasteiger partial charge in [0, 0.05) is 10.2 Å². The molecule has 0 fully saturated rings. The third-order valence-corrected chi connectivity index (χ3v) is 4.87. The Hall–Kier alpha value is -2.01. The smallest absolute Gasteiger partial charge is 0.232 e. The second-order valence-corrected chi connectivity index (χ2v) is 6.49. The maximum Gasteiger partial charge on any atom is 0.232 e. The fraction of sp³-hybridized carbons (Fsp3) is 0.278. The Kier molecular flexibility index (Phi) is 4.31. The lowest BCUT2D eigenvalue weighted by Crippen LogP contribution is -2.14. The summed E-state index contributed by atoms with van der Waals surface area (Å²) in [7, 11) is 3.21. The summed E-state index contributed by atoms with van der Waals surface area (Å²) in [4.78, 5) is 12.4. The molecule has 1 aliphatic heterocycles. The van der Waals surface area contributed by atoms with Crippen LogP contribution in [0.2, 0.25) is 0 Å². The number of fused-ring (bicyclic) bond motifs is 1. The number of carbonyl (C=O) groups is 1. The highest BCUT2D eigenvalue weighted by molar-refractivity contribution is 9.10. The Morgan fingerprint density at radius 1 is 1.13 bits per heavy atom. The molecule has 1 aliphatic rings. The molecule has 2 aromatic carbocycles. The maximum atomic E-state index is 12.4. The molecule has 1 amide bonds. The molecule has 3 rings (SSSR count). The van der Waals surface area contributed by atoms with Crippen LogP contribution in [-0.4, -0.2) is 20.1 Å². The molecule has 1 N–H and O–H groups in total. The molecule has 0 unspecified atom stereocenters. The van der Waals surface area contributed by atoms with Crippen LogP contribution in [0.1, 0.15) is 22.6 Å². The van der Waals surface area contributed by atoms with Crippen molar-refractivity contribution in [2.75, 3.05) is 19.5 Å². The largest absolute Gasteiger partial charge is 0.493 e. The van der Waals surface area contributed by atoms with E-state index in [-0.39, 0.29) is 11.8 Å². The van der Waals surface area contributed by atoms with Crippen molar-refractivity contribution in [2.24, 2.45) is 0 Å². The number of anilines is 1. The van der Waals surface area contributed by atoms with Crippen LogP contribution in [-0.2, 0) is 11.2 Å². The second kappa shape index (κ2) is 6.24. The van der Waals surface area contributed by atoms with E-state index in [2.05, 4.69) is 27.3 Å². The maximum absolute atomic E-state index is 12.4. The van der Waals surface area contributed by atoms with Crippen molar-refractivity contribution in [3.05, 3.63) is 51.5 Å². The summed E-state index contributed by atoms with van der Waals surface area (Å²) in [6.45, 7) is 2.03. The Morgan fingerprint density at radius 3 is 2.52 bits per heavy atom. The summed E-state index contributed by atoms with van der Waals surface area (Å²) < 4.78 is 11.6. The Bertz CT molecular complexity index is 773. The van der Waals surface area contributed by atoms with Gasteiger partial charge in [-0.1, -0.05) is 33.6 Å². The first-order valence-corrected chi connectivity index (χ1v) is 8.14. The van der Waals surface area contributed by atoms with Gasteiger partial charge < -0.3 is 14.8 Å². The van der Waals surface area contributed by atoms with Gasteiger partial charge in [-0.15, -0.1) is 0 Å². The zero-order valence-corrected chi connectivity index (χ0v) is 14.9. The molecular formula is C18H18BrNO3. The lowest BCUT2D eigenvalue weighted by molar-refractivity contribution is -0.117. The van der Waals surface area contributed by atoms with Crippen molar-refractivity contribution < 1.29 is 14.3 Å². The van der Waals surface area contributed by atoms with Crippen LogP contribution in [0.25, 0.3) is 0 Å². The van der Waals surface area contributed by atoms with Gasteiger partial charge in [0.15, 0.2) is 11.5 Å². The van der Waals surface area contributed by atoms with Crippen molar-refractivity contribution in [2.45, 2.75) is 19.3 Å². The summed E-state index contributed by atoms with van der Waals surface area (Å²) >= 11 is 3.57. The van der Waals surface area contributed by atoms with Crippen LogP contribution < -0.4 is 14.8 Å². The minimum atomic E-state index is -0.195. The van der Waals surface area contributed by atoms with Gasteiger partial charge in [0.1, 0.15) is 0 Å². The molecule has 4 nitrogen and oxygen atoms in total. The quantitative estimate of drug-likeness (QED) is 0.876. The molecule has 0 bridgehead atoms. The Balaban J connectivity index is 1.97. The van der Waals surface area contributed by atoms with E-state index in [1.165, 1.54) is 0 Å². The Morgan fingerprint density at radius 2 is 1.83 bits per heavy atom. The molecule has 2 aromatic rings. The monoisotopic (exact) mass is 375 g/mol. The van der Waals surface area contributed by atoms with Gasteiger partial charge in [0.05, 0.1) is 20.1 Å². The van der Waals surface area contributed by atoms with Gasteiger partial charge >= 0.3 is 0 Å². The lowest BCUT2D eigenvalue weighted by atomic mass is 9.92. The van der Waals surface area contributed by atoms with E-state index in [4.69, 9.17) is 9.47 Å². The van der Waals surface area contributed by atoms with Gasteiger partial charge in [-0.25, -0.2) is 0 Å². The molecule has 23 heavy (non-hydrogen) atoms. The number of carbonyl (C=O) groups excluding carboxylic acids is 1. The number of aryl methyl sites for hydroxylation is 1. The highest BCUT2D eigenvalue weighted by Gasteiger charge is 2.31. The molecule has 120 valence electrons. The van der Waals surface area contributed by atoms with E-state index in [1.54, 1.807) is 14.2 Å². The molecule has 5 heteroatoms. The number of hydrogen-bond acceptors (Lipinski definition) is 3. The zero-order chi connectivity index (χ0) is 16.6. The number of halogens is 1. The highest BCUT2D eigenvalue weighted by atomic mass is 79.9. The minimum absolute atomic E-state index is 0.0345. The topological polar surface area (TPSA) is 47.6 Å². The van der Waals surface area contributed by atoms with Crippen LogP contribution in [0.15, 0.2) is 34.8 Å². The van der Waals surface area contributed by atoms with Gasteiger partial charge in [0.2, 0.25) is 5.91 Å². The van der Waals surface area contributed by atoms with E-state index < -0.39 is 0 Å². The molecule has 0 aliphatic carbocycles. The van der Waals surface area contributed by atoms with E-state index >= 15 is 0 Å². The molecule has 1 heterocycles. The average Bonchev–Trinajstić information content (AvgIpc) is 2.84. The molecule has 0 radical (unpaired) electrons. The fourth-order valence-electron chi connectivity index (χ4n) is 2.92. The summed E-state index contributed by atoms with van der Waals surface area (Å²) in [5.41, 5.74) is 4.12. The van der Waals surface area contributed by atoms with Crippen LogP contribution in [0, 0.1) is 6.92 Å².